The Kier molecular flexibility index (Phi) is 17.5. The van der Waals surface area contributed by atoms with Crippen LogP contribution in [0.4, 0.5) is 4.79 Å². The molecule has 57 heavy (non-hydrogen) atoms. The molecule has 14 nitrogen and oxygen atoms in total. The van der Waals surface area contributed by atoms with Crippen LogP contribution in [0, 0.1) is 10.1 Å². The van der Waals surface area contributed by atoms with Gasteiger partial charge < -0.3 is 47.6 Å². The molecule has 5 rings (SSSR count). The Labute approximate surface area is 333 Å². The van der Waals surface area contributed by atoms with Gasteiger partial charge in [-0.15, -0.1) is 10.1 Å². The lowest BCUT2D eigenvalue weighted by molar-refractivity contribution is -0.757. The molecule has 0 aromatic heterocycles. The van der Waals surface area contributed by atoms with E-state index in [4.69, 9.17) is 37.9 Å². The van der Waals surface area contributed by atoms with Crippen LogP contribution in [0.2, 0.25) is 0 Å². The number of ether oxygens (including phenoxy) is 8. The minimum atomic E-state index is -0.792. The highest BCUT2D eigenvalue weighted by molar-refractivity contribution is 5.89. The van der Waals surface area contributed by atoms with E-state index in [1.165, 1.54) is 0 Å². The van der Waals surface area contributed by atoms with Crippen molar-refractivity contribution in [2.24, 2.45) is 0 Å². The summed E-state index contributed by atoms with van der Waals surface area (Å²) in [7, 11) is 4.86. The van der Waals surface area contributed by atoms with Gasteiger partial charge in [0.1, 0.15) is 24.0 Å². The Balaban J connectivity index is 1.24. The van der Waals surface area contributed by atoms with Gasteiger partial charge in [0.15, 0.2) is 0 Å². The van der Waals surface area contributed by atoms with Gasteiger partial charge in [0.2, 0.25) is 0 Å². The van der Waals surface area contributed by atoms with Gasteiger partial charge in [-0.3, -0.25) is 0 Å². The van der Waals surface area contributed by atoms with Crippen molar-refractivity contribution < 1.29 is 52.6 Å². The second-order valence-electron chi connectivity index (χ2n) is 13.6. The van der Waals surface area contributed by atoms with Gasteiger partial charge in [0, 0.05) is 30.4 Å². The average molecular weight is 791 g/mol. The lowest BCUT2D eigenvalue weighted by Crippen LogP contribution is -2.54. The Hall–Kier alpha value is -5.15. The Morgan fingerprint density at radius 1 is 0.754 bits per heavy atom. The zero-order valence-electron chi connectivity index (χ0n) is 33.0. The number of carbonyl (C=O) groups excluding carboxylic acids is 1. The van der Waals surface area contributed by atoms with Gasteiger partial charge in [-0.2, -0.15) is 0 Å². The van der Waals surface area contributed by atoms with Crippen LogP contribution in [0.25, 0.3) is 10.8 Å². The van der Waals surface area contributed by atoms with E-state index in [-0.39, 0.29) is 45.6 Å². The lowest BCUT2D eigenvalue weighted by atomic mass is 9.84. The molecule has 1 fully saturated rings. The Morgan fingerprint density at radius 3 is 2.23 bits per heavy atom. The average Bonchev–Trinajstić information content (AvgIpc) is 3.23. The molecule has 1 aliphatic heterocycles. The third kappa shape index (κ3) is 13.2. The van der Waals surface area contributed by atoms with Crippen LogP contribution in [0.1, 0.15) is 54.7 Å². The van der Waals surface area contributed by atoms with E-state index in [0.29, 0.717) is 39.1 Å². The van der Waals surface area contributed by atoms with Crippen molar-refractivity contribution in [2.75, 3.05) is 67.6 Å². The predicted octanol–water partition coefficient (Wildman–Crippen LogP) is 7.72. The summed E-state index contributed by atoms with van der Waals surface area (Å²) in [6.07, 6.45) is 1.95. The summed E-state index contributed by atoms with van der Waals surface area (Å²) < 4.78 is 47.0. The zero-order valence-corrected chi connectivity index (χ0v) is 33.0. The second kappa shape index (κ2) is 23.2. The maximum absolute atomic E-state index is 13.5. The number of hydrogen-bond donors (Lipinski definition) is 0. The van der Waals surface area contributed by atoms with Gasteiger partial charge >= 0.3 is 6.09 Å². The second-order valence-corrected chi connectivity index (χ2v) is 13.6. The molecule has 0 aliphatic carbocycles. The lowest BCUT2D eigenvalue weighted by Gasteiger charge is -2.43. The molecule has 1 aliphatic rings. The molecular formula is C43H54N2O12. The van der Waals surface area contributed by atoms with Crippen molar-refractivity contribution in [3.8, 4) is 17.2 Å². The van der Waals surface area contributed by atoms with Crippen LogP contribution in [0.5, 0.6) is 17.2 Å². The number of benzene rings is 4. The minimum absolute atomic E-state index is 0.0269. The van der Waals surface area contributed by atoms with E-state index in [9.17, 15) is 14.9 Å². The molecule has 0 N–H and O–H groups in total. The monoisotopic (exact) mass is 790 g/mol. The van der Waals surface area contributed by atoms with Crippen LogP contribution in [0.15, 0.2) is 84.9 Å². The fraction of sp³-hybridized carbons (Fsp3) is 0.465. The van der Waals surface area contributed by atoms with Crippen molar-refractivity contribution in [3.63, 3.8) is 0 Å². The largest absolute Gasteiger partial charge is 0.496 e. The van der Waals surface area contributed by atoms with Crippen molar-refractivity contribution in [3.05, 3.63) is 112 Å². The molecule has 1 heterocycles. The SMILES string of the molecule is COCOC1CN(C(=O)OCCCCCCO[N+](=O)[O-])CC(OCc2cc(OC)c3ccccc3c2)C1c1ccc(OCCCOCc2ccccc2OC)cc1. The number of piperidine rings is 1. The molecule has 0 spiro atoms. The number of likely N-dealkylation sites (tertiary alicyclic amines) is 1. The molecule has 3 unspecified atom stereocenters. The Morgan fingerprint density at radius 2 is 1.47 bits per heavy atom. The fourth-order valence-corrected chi connectivity index (χ4v) is 6.90. The van der Waals surface area contributed by atoms with Crippen LogP contribution in [-0.4, -0.2) is 95.9 Å². The van der Waals surface area contributed by atoms with Crippen molar-refractivity contribution >= 4 is 16.9 Å². The van der Waals surface area contributed by atoms with E-state index in [2.05, 4.69) is 10.9 Å². The summed E-state index contributed by atoms with van der Waals surface area (Å²) in [5.41, 5.74) is 2.90. The van der Waals surface area contributed by atoms with Gasteiger partial charge in [0.25, 0.3) is 5.09 Å². The number of nitrogens with zero attached hydrogens (tertiary/aromatic N) is 2. The smallest absolute Gasteiger partial charge is 0.409 e. The molecule has 1 saturated heterocycles. The highest BCUT2D eigenvalue weighted by atomic mass is 16.9. The molecule has 308 valence electrons. The maximum Gasteiger partial charge on any atom is 0.409 e. The van der Waals surface area contributed by atoms with Gasteiger partial charge in [0.05, 0.1) is 79.2 Å². The quantitative estimate of drug-likeness (QED) is 0.0296. The third-order valence-corrected chi connectivity index (χ3v) is 9.71. The van der Waals surface area contributed by atoms with Crippen LogP contribution in [0.3, 0.4) is 0 Å². The molecule has 4 aromatic rings. The molecule has 4 aromatic carbocycles. The summed E-state index contributed by atoms with van der Waals surface area (Å²) in [4.78, 5) is 29.8. The predicted molar refractivity (Wildman–Crippen MR) is 212 cm³/mol. The number of fused-ring (bicyclic) bond motifs is 1. The molecule has 0 saturated carbocycles. The summed E-state index contributed by atoms with van der Waals surface area (Å²) >= 11 is 0. The first-order valence-corrected chi connectivity index (χ1v) is 19.3. The topological polar surface area (TPSA) is 147 Å². The molecule has 0 bridgehead atoms. The van der Waals surface area contributed by atoms with E-state index in [1.54, 1.807) is 26.2 Å². The molecule has 0 radical (unpaired) electrons. The number of amides is 1. The first-order valence-electron chi connectivity index (χ1n) is 19.3. The van der Waals surface area contributed by atoms with Crippen LogP contribution < -0.4 is 14.2 Å². The highest BCUT2D eigenvalue weighted by Gasteiger charge is 2.41. The molecule has 3 atom stereocenters. The fourth-order valence-electron chi connectivity index (χ4n) is 6.90. The third-order valence-electron chi connectivity index (χ3n) is 9.71. The van der Waals surface area contributed by atoms with Crippen molar-refractivity contribution in [1.82, 2.24) is 4.90 Å². The Bertz CT molecular complexity index is 1820. The molecule has 14 heteroatoms. The van der Waals surface area contributed by atoms with Gasteiger partial charge in [-0.1, -0.05) is 61.0 Å². The zero-order chi connectivity index (χ0) is 40.2. The maximum atomic E-state index is 13.5. The van der Waals surface area contributed by atoms with E-state index in [1.807, 2.05) is 78.9 Å². The van der Waals surface area contributed by atoms with E-state index >= 15 is 0 Å². The number of unbranched alkanes of at least 4 members (excludes halogenated alkanes) is 3. The van der Waals surface area contributed by atoms with E-state index < -0.39 is 23.4 Å². The number of rotatable bonds is 24. The molecular weight excluding hydrogens is 736 g/mol. The first kappa shape index (κ1) is 43.0. The molecule has 1 amide bonds. The van der Waals surface area contributed by atoms with Gasteiger partial charge in [-0.25, -0.2) is 4.79 Å². The van der Waals surface area contributed by atoms with Gasteiger partial charge in [-0.05, 0) is 66.1 Å². The van der Waals surface area contributed by atoms with Crippen LogP contribution in [-0.2, 0) is 41.7 Å². The summed E-state index contributed by atoms with van der Waals surface area (Å²) in [5, 5.41) is 11.6. The van der Waals surface area contributed by atoms with E-state index in [0.717, 1.165) is 57.6 Å². The normalized spacial score (nSPS) is 16.6. The number of hydrogen-bond acceptors (Lipinski definition) is 12. The number of methoxy groups -OCH3 is 3. The number of carbonyl (C=O) groups is 1. The summed E-state index contributed by atoms with van der Waals surface area (Å²) in [6.45, 7) is 2.59. The first-order chi connectivity index (χ1) is 27.9. The number of para-hydroxylation sites is 1. The summed E-state index contributed by atoms with van der Waals surface area (Å²) in [5.74, 6) is 2.03. The van der Waals surface area contributed by atoms with Crippen LogP contribution >= 0.6 is 0 Å². The highest BCUT2D eigenvalue weighted by Crippen LogP contribution is 2.35. The summed E-state index contributed by atoms with van der Waals surface area (Å²) in [6, 6.07) is 27.8. The minimum Gasteiger partial charge on any atom is -0.496 e. The van der Waals surface area contributed by atoms with Crippen molar-refractivity contribution in [2.45, 2.75) is 63.4 Å². The van der Waals surface area contributed by atoms with Crippen molar-refractivity contribution in [1.29, 1.82) is 0 Å². The standard InChI is InChI=1S/C43H54N2O12/c1-49-31-56-41-28-44(43(46)54-22-10-4-5-11-24-57-45(47)48)27-40(55-29-32-25-34-13-6-8-15-37(34)39(26-32)51-3)42(41)33-17-19-36(20-18-33)53-23-12-21-52-30-35-14-7-9-16-38(35)50-2/h6-9,13-20,25-26,40-42H,4-5,10-12,21-24,27-31H2,1-3H3.